The number of carbonyl (C=O) groups is 3. The molecule has 0 aliphatic carbocycles. The van der Waals surface area contributed by atoms with E-state index in [9.17, 15) is 14.4 Å². The topological polar surface area (TPSA) is 87.7 Å². The summed E-state index contributed by atoms with van der Waals surface area (Å²) in [7, 11) is 0. The molecule has 3 rings (SSSR count). The number of benzene rings is 2. The maximum absolute atomic E-state index is 12.5. The molecule has 28 heavy (non-hydrogen) atoms. The molecule has 1 saturated heterocycles. The van der Waals surface area contributed by atoms with Gasteiger partial charge >= 0.3 is 6.03 Å². The van der Waals surface area contributed by atoms with Gasteiger partial charge < -0.3 is 15.4 Å². The summed E-state index contributed by atoms with van der Waals surface area (Å²) in [6.07, 6.45) is 0.688. The summed E-state index contributed by atoms with van der Waals surface area (Å²) in [6.45, 7) is 1.64. The molecule has 4 amide bonds. The van der Waals surface area contributed by atoms with E-state index in [-0.39, 0.29) is 24.9 Å². The largest absolute Gasteiger partial charge is 0.377 e. The van der Waals surface area contributed by atoms with E-state index in [4.69, 9.17) is 4.74 Å². The Morgan fingerprint density at radius 1 is 1.07 bits per heavy atom. The van der Waals surface area contributed by atoms with E-state index in [0.717, 1.165) is 10.5 Å². The fraction of sp³-hybridized carbons (Fsp3) is 0.286. The third-order valence-electron chi connectivity index (χ3n) is 4.39. The molecule has 0 unspecified atom stereocenters. The van der Waals surface area contributed by atoms with E-state index < -0.39 is 6.03 Å². The predicted octanol–water partition coefficient (Wildman–Crippen LogP) is 2.08. The molecule has 2 aromatic rings. The van der Waals surface area contributed by atoms with Crippen LogP contribution in [0.2, 0.25) is 0 Å². The summed E-state index contributed by atoms with van der Waals surface area (Å²) in [4.78, 5) is 37.1. The first kappa shape index (κ1) is 19.6. The van der Waals surface area contributed by atoms with E-state index in [0.29, 0.717) is 37.3 Å². The highest BCUT2D eigenvalue weighted by Crippen LogP contribution is 2.14. The SMILES string of the molecule is O=C(NCCCOCc1ccccc1)c1ccccc1CN1C(=O)CNC1=O. The highest BCUT2D eigenvalue weighted by Gasteiger charge is 2.29. The molecule has 1 aliphatic heterocycles. The van der Waals surface area contributed by atoms with Crippen LogP contribution in [0.3, 0.4) is 0 Å². The summed E-state index contributed by atoms with van der Waals surface area (Å²) in [6, 6.07) is 16.4. The first-order valence-corrected chi connectivity index (χ1v) is 9.21. The van der Waals surface area contributed by atoms with Gasteiger partial charge in [-0.3, -0.25) is 14.5 Å². The predicted molar refractivity (Wildman–Crippen MR) is 103 cm³/mol. The zero-order chi connectivity index (χ0) is 19.8. The second kappa shape index (κ2) is 9.66. The molecule has 1 heterocycles. The van der Waals surface area contributed by atoms with Crippen LogP contribution >= 0.6 is 0 Å². The van der Waals surface area contributed by atoms with Crippen molar-refractivity contribution >= 4 is 17.8 Å². The lowest BCUT2D eigenvalue weighted by molar-refractivity contribution is -0.125. The summed E-state index contributed by atoms with van der Waals surface area (Å²) in [5.74, 6) is -0.526. The van der Waals surface area contributed by atoms with Crippen LogP contribution in [0.25, 0.3) is 0 Å². The molecule has 2 N–H and O–H groups in total. The van der Waals surface area contributed by atoms with Crippen LogP contribution < -0.4 is 10.6 Å². The highest BCUT2D eigenvalue weighted by molar-refractivity contribution is 6.02. The van der Waals surface area contributed by atoms with Crippen LogP contribution in [0.1, 0.15) is 27.9 Å². The first-order chi connectivity index (χ1) is 13.6. The van der Waals surface area contributed by atoms with Crippen LogP contribution in [0.15, 0.2) is 54.6 Å². The summed E-state index contributed by atoms with van der Waals surface area (Å²) < 4.78 is 5.60. The van der Waals surface area contributed by atoms with Crippen LogP contribution in [0.4, 0.5) is 4.79 Å². The molecule has 0 spiro atoms. The van der Waals surface area contributed by atoms with Gasteiger partial charge in [-0.1, -0.05) is 48.5 Å². The zero-order valence-corrected chi connectivity index (χ0v) is 15.5. The van der Waals surface area contributed by atoms with E-state index in [1.165, 1.54) is 0 Å². The average Bonchev–Trinajstić information content (AvgIpc) is 3.03. The normalized spacial score (nSPS) is 13.5. The Hall–Kier alpha value is -3.19. The summed E-state index contributed by atoms with van der Waals surface area (Å²) in [5.41, 5.74) is 2.20. The van der Waals surface area contributed by atoms with Gasteiger partial charge in [0, 0.05) is 18.7 Å². The number of nitrogens with zero attached hydrogens (tertiary/aromatic N) is 1. The number of rotatable bonds is 9. The molecule has 7 heteroatoms. The number of hydrogen-bond acceptors (Lipinski definition) is 4. The molecule has 0 aromatic heterocycles. The number of carbonyl (C=O) groups excluding carboxylic acids is 3. The number of hydrogen-bond donors (Lipinski definition) is 2. The minimum atomic E-state index is -0.434. The molecule has 1 fully saturated rings. The van der Waals surface area contributed by atoms with Gasteiger partial charge in [-0.25, -0.2) is 4.79 Å². The number of urea groups is 1. The Morgan fingerprint density at radius 2 is 1.82 bits per heavy atom. The minimum Gasteiger partial charge on any atom is -0.377 e. The Bertz CT molecular complexity index is 823. The fourth-order valence-electron chi connectivity index (χ4n) is 2.90. The standard InChI is InChI=1S/C21H23N3O4/c25-19-13-23-21(27)24(19)14-17-9-4-5-10-18(17)20(26)22-11-6-12-28-15-16-7-2-1-3-8-16/h1-5,7-10H,6,11-15H2,(H,22,26)(H,23,27). The number of ether oxygens (including phenoxy) is 1. The van der Waals surface area contributed by atoms with Crippen molar-refractivity contribution in [3.8, 4) is 0 Å². The maximum atomic E-state index is 12.5. The smallest absolute Gasteiger partial charge is 0.324 e. The van der Waals surface area contributed by atoms with Crippen LogP contribution in [-0.4, -0.2) is 42.4 Å². The van der Waals surface area contributed by atoms with Crippen molar-refractivity contribution in [3.05, 3.63) is 71.3 Å². The van der Waals surface area contributed by atoms with Gasteiger partial charge in [-0.05, 0) is 23.6 Å². The maximum Gasteiger partial charge on any atom is 0.324 e. The lowest BCUT2D eigenvalue weighted by atomic mass is 10.1. The fourth-order valence-corrected chi connectivity index (χ4v) is 2.90. The third kappa shape index (κ3) is 5.17. The lowest BCUT2D eigenvalue weighted by Crippen LogP contribution is -2.32. The molecule has 1 aliphatic rings. The second-order valence-electron chi connectivity index (χ2n) is 6.44. The van der Waals surface area contributed by atoms with Crippen molar-refractivity contribution in [2.75, 3.05) is 19.7 Å². The van der Waals surface area contributed by atoms with Gasteiger partial charge in [0.15, 0.2) is 0 Å². The number of amides is 4. The average molecular weight is 381 g/mol. The molecule has 2 aromatic carbocycles. The molecular weight excluding hydrogens is 358 g/mol. The number of imide groups is 1. The first-order valence-electron chi connectivity index (χ1n) is 9.21. The third-order valence-corrected chi connectivity index (χ3v) is 4.39. The second-order valence-corrected chi connectivity index (χ2v) is 6.44. The van der Waals surface area contributed by atoms with Gasteiger partial charge in [-0.15, -0.1) is 0 Å². The Labute approximate surface area is 163 Å². The molecule has 146 valence electrons. The van der Waals surface area contributed by atoms with Gasteiger partial charge in [0.2, 0.25) is 5.91 Å². The van der Waals surface area contributed by atoms with Gasteiger partial charge in [0.1, 0.15) is 0 Å². The van der Waals surface area contributed by atoms with Crippen LogP contribution in [0.5, 0.6) is 0 Å². The van der Waals surface area contributed by atoms with Crippen molar-refractivity contribution in [1.82, 2.24) is 15.5 Å². The van der Waals surface area contributed by atoms with Crippen molar-refractivity contribution < 1.29 is 19.1 Å². The number of nitrogens with one attached hydrogen (secondary N) is 2. The van der Waals surface area contributed by atoms with Gasteiger partial charge in [-0.2, -0.15) is 0 Å². The van der Waals surface area contributed by atoms with Crippen molar-refractivity contribution in [2.24, 2.45) is 0 Å². The van der Waals surface area contributed by atoms with Crippen molar-refractivity contribution in [2.45, 2.75) is 19.6 Å². The van der Waals surface area contributed by atoms with Crippen molar-refractivity contribution in [3.63, 3.8) is 0 Å². The van der Waals surface area contributed by atoms with E-state index in [2.05, 4.69) is 10.6 Å². The molecule has 7 nitrogen and oxygen atoms in total. The van der Waals surface area contributed by atoms with E-state index >= 15 is 0 Å². The minimum absolute atomic E-state index is 0.00379. The van der Waals surface area contributed by atoms with Gasteiger partial charge in [0.05, 0.1) is 19.7 Å². The Morgan fingerprint density at radius 3 is 2.57 bits per heavy atom. The van der Waals surface area contributed by atoms with E-state index in [1.807, 2.05) is 30.3 Å². The van der Waals surface area contributed by atoms with E-state index in [1.54, 1.807) is 24.3 Å². The van der Waals surface area contributed by atoms with Crippen LogP contribution in [-0.2, 0) is 22.7 Å². The monoisotopic (exact) mass is 381 g/mol. The van der Waals surface area contributed by atoms with Crippen molar-refractivity contribution in [1.29, 1.82) is 0 Å². The zero-order valence-electron chi connectivity index (χ0n) is 15.5. The molecule has 0 radical (unpaired) electrons. The molecular formula is C21H23N3O4. The Balaban J connectivity index is 1.45. The summed E-state index contributed by atoms with van der Waals surface area (Å²) in [5, 5.41) is 5.34. The van der Waals surface area contributed by atoms with Gasteiger partial charge in [0.25, 0.3) is 5.91 Å². The highest BCUT2D eigenvalue weighted by atomic mass is 16.5. The summed E-state index contributed by atoms with van der Waals surface area (Å²) >= 11 is 0. The quantitative estimate of drug-likeness (QED) is 0.514. The molecule has 0 atom stereocenters. The molecule has 0 saturated carbocycles. The molecule has 0 bridgehead atoms. The Kier molecular flexibility index (Phi) is 6.75. The lowest BCUT2D eigenvalue weighted by Gasteiger charge is -2.15. The van der Waals surface area contributed by atoms with Crippen LogP contribution in [0, 0.1) is 0 Å².